The predicted octanol–water partition coefficient (Wildman–Crippen LogP) is 5.15. The van der Waals surface area contributed by atoms with Crippen molar-refractivity contribution in [2.24, 2.45) is 0 Å². The quantitative estimate of drug-likeness (QED) is 0.185. The van der Waals surface area contributed by atoms with Crippen LogP contribution in [0.5, 0.6) is 0 Å². The van der Waals surface area contributed by atoms with Gasteiger partial charge in [-0.3, -0.25) is 0 Å². The van der Waals surface area contributed by atoms with E-state index < -0.39 is 0 Å². The van der Waals surface area contributed by atoms with Crippen LogP contribution in [0.15, 0.2) is 95.5 Å². The Morgan fingerprint density at radius 2 is 1.48 bits per heavy atom. The van der Waals surface area contributed by atoms with Crippen LogP contribution in [0.2, 0.25) is 0 Å². The van der Waals surface area contributed by atoms with Crippen molar-refractivity contribution in [2.75, 3.05) is 0 Å². The monoisotopic (exact) mass is 664 g/mol. The van der Waals surface area contributed by atoms with Crippen molar-refractivity contribution in [1.29, 1.82) is 0 Å². The summed E-state index contributed by atoms with van der Waals surface area (Å²) in [6.07, 6.45) is 0. The Hall–Kier alpha value is -1.38. The molecule has 1 heterocycles. The van der Waals surface area contributed by atoms with Crippen LogP contribution >= 0.6 is 34.5 Å². The molecule has 4 aromatic carbocycles. The van der Waals surface area contributed by atoms with Crippen LogP contribution in [0, 0.1) is 0 Å². The number of nitrogens with zero attached hydrogens (tertiary/aromatic N) is 1. The Labute approximate surface area is 198 Å². The van der Waals surface area contributed by atoms with E-state index >= 15 is 0 Å². The maximum atomic E-state index is 3.54. The number of hydrogen-bond donors (Lipinski definition) is 0. The van der Waals surface area contributed by atoms with E-state index in [-0.39, 0.29) is 17.2 Å². The first-order chi connectivity index (χ1) is 14.2. The second-order valence-electron chi connectivity index (χ2n) is 7.00. The SMILES string of the molecule is Brc1ccc(-c2ccc3c(c2)c2ccc(C[I-]I)cc2n3-c2ccccc2)cc1. The van der Waals surface area contributed by atoms with Crippen molar-refractivity contribution in [3.8, 4) is 16.8 Å². The molecule has 0 fully saturated rings. The van der Waals surface area contributed by atoms with Gasteiger partial charge in [0.1, 0.15) is 0 Å². The number of rotatable bonds is 4. The summed E-state index contributed by atoms with van der Waals surface area (Å²) in [5.74, 6) is 0. The number of halogens is 3. The summed E-state index contributed by atoms with van der Waals surface area (Å²) in [7, 11) is 0. The van der Waals surface area contributed by atoms with Crippen LogP contribution in [0.3, 0.4) is 0 Å². The standard InChI is InChI=1S/C25H17BrI2N/c26-20-10-7-18(8-11-20)19-9-13-24-23(15-19)22-12-6-17(16-28-27)14-25(22)29(24)21-4-2-1-3-5-21/h1-15H,16H2/q-1. The van der Waals surface area contributed by atoms with Gasteiger partial charge < -0.3 is 0 Å². The van der Waals surface area contributed by atoms with E-state index in [1.807, 2.05) is 0 Å². The molecular formula is C25H17BrI2N-. The van der Waals surface area contributed by atoms with E-state index in [2.05, 4.69) is 130 Å². The van der Waals surface area contributed by atoms with Gasteiger partial charge in [0.2, 0.25) is 0 Å². The fourth-order valence-electron chi connectivity index (χ4n) is 3.89. The van der Waals surface area contributed by atoms with E-state index in [0.29, 0.717) is 0 Å². The Morgan fingerprint density at radius 3 is 2.24 bits per heavy atom. The van der Waals surface area contributed by atoms with Crippen molar-refractivity contribution in [1.82, 2.24) is 4.57 Å². The normalized spacial score (nSPS) is 11.5. The molecule has 0 amide bonds. The van der Waals surface area contributed by atoms with Crippen molar-refractivity contribution in [2.45, 2.75) is 4.43 Å². The van der Waals surface area contributed by atoms with Gasteiger partial charge in [-0.05, 0) is 0 Å². The van der Waals surface area contributed by atoms with Crippen LogP contribution in [0.4, 0.5) is 0 Å². The van der Waals surface area contributed by atoms with Crippen LogP contribution in [0.25, 0.3) is 38.6 Å². The number of para-hydroxylation sites is 1. The summed E-state index contributed by atoms with van der Waals surface area (Å²) in [6, 6.07) is 33.1. The van der Waals surface area contributed by atoms with Gasteiger partial charge in [0.05, 0.1) is 0 Å². The van der Waals surface area contributed by atoms with Gasteiger partial charge in [-0.15, -0.1) is 0 Å². The summed E-state index contributed by atoms with van der Waals surface area (Å²) in [4.78, 5) is 0. The molecule has 0 N–H and O–H groups in total. The fraction of sp³-hybridized carbons (Fsp3) is 0.0400. The van der Waals surface area contributed by atoms with Gasteiger partial charge in [0, 0.05) is 0 Å². The van der Waals surface area contributed by atoms with Gasteiger partial charge in [-0.25, -0.2) is 0 Å². The summed E-state index contributed by atoms with van der Waals surface area (Å²) >= 11 is 6.30. The third-order valence-corrected chi connectivity index (χ3v) is 8.86. The van der Waals surface area contributed by atoms with Gasteiger partial charge in [-0.2, -0.15) is 0 Å². The molecular weight excluding hydrogens is 648 g/mol. The molecule has 0 spiro atoms. The number of fused-ring (bicyclic) bond motifs is 3. The summed E-state index contributed by atoms with van der Waals surface area (Å²) in [5.41, 5.74) is 7.69. The molecule has 5 rings (SSSR count). The van der Waals surface area contributed by atoms with Crippen molar-refractivity contribution in [3.05, 3.63) is 101 Å². The topological polar surface area (TPSA) is 4.93 Å². The van der Waals surface area contributed by atoms with Crippen molar-refractivity contribution >= 4 is 56.4 Å². The van der Waals surface area contributed by atoms with Gasteiger partial charge in [0.25, 0.3) is 0 Å². The van der Waals surface area contributed by atoms with Crippen LogP contribution in [-0.4, -0.2) is 4.57 Å². The molecule has 0 atom stereocenters. The molecule has 0 aliphatic carbocycles. The fourth-order valence-corrected chi connectivity index (χ4v) is 7.19. The van der Waals surface area contributed by atoms with Gasteiger partial charge in [-0.1, -0.05) is 15.9 Å². The number of alkyl halides is 1. The maximum absolute atomic E-state index is 3.54. The van der Waals surface area contributed by atoms with Gasteiger partial charge in [0.15, 0.2) is 0 Å². The Balaban J connectivity index is 1.80. The molecule has 0 bridgehead atoms. The summed E-state index contributed by atoms with van der Waals surface area (Å²) in [6.45, 7) is 0. The van der Waals surface area contributed by atoms with Crippen LogP contribution in [-0.2, 0) is 4.43 Å². The zero-order valence-electron chi connectivity index (χ0n) is 15.4. The first-order valence-electron chi connectivity index (χ1n) is 9.33. The minimum absolute atomic E-state index is 0.201. The second-order valence-corrected chi connectivity index (χ2v) is 13.1. The van der Waals surface area contributed by atoms with Crippen LogP contribution < -0.4 is 17.2 Å². The van der Waals surface area contributed by atoms with E-state index in [1.54, 1.807) is 0 Å². The van der Waals surface area contributed by atoms with E-state index in [4.69, 9.17) is 0 Å². The van der Waals surface area contributed by atoms with Gasteiger partial charge >= 0.3 is 184 Å². The average Bonchev–Trinajstić information content (AvgIpc) is 3.08. The zero-order valence-corrected chi connectivity index (χ0v) is 21.3. The zero-order chi connectivity index (χ0) is 19.8. The third-order valence-electron chi connectivity index (χ3n) is 5.23. The Kier molecular flexibility index (Phi) is 5.67. The molecule has 0 saturated heterocycles. The molecule has 29 heavy (non-hydrogen) atoms. The molecule has 144 valence electrons. The molecule has 0 unspecified atom stereocenters. The Bertz CT molecular complexity index is 1310. The molecule has 1 aromatic heterocycles. The van der Waals surface area contributed by atoms with E-state index in [1.165, 1.54) is 48.6 Å². The first kappa shape index (κ1) is 19.6. The van der Waals surface area contributed by atoms with Crippen molar-refractivity contribution in [3.63, 3.8) is 0 Å². The van der Waals surface area contributed by atoms with Crippen LogP contribution in [0.1, 0.15) is 5.56 Å². The molecule has 5 aromatic rings. The molecule has 0 aliphatic heterocycles. The third kappa shape index (κ3) is 3.75. The predicted molar refractivity (Wildman–Crippen MR) is 132 cm³/mol. The number of aromatic nitrogens is 1. The molecule has 0 saturated carbocycles. The summed E-state index contributed by atoms with van der Waals surface area (Å²) < 4.78 is 4.72. The van der Waals surface area contributed by atoms with E-state index in [0.717, 1.165) is 4.47 Å². The van der Waals surface area contributed by atoms with E-state index in [9.17, 15) is 0 Å². The Morgan fingerprint density at radius 1 is 0.724 bits per heavy atom. The molecule has 0 radical (unpaired) electrons. The average molecular weight is 665 g/mol. The summed E-state index contributed by atoms with van der Waals surface area (Å²) in [5, 5.41) is 2.62. The molecule has 1 nitrogen and oxygen atoms in total. The second kappa shape index (κ2) is 8.40. The molecule has 0 aliphatic rings. The van der Waals surface area contributed by atoms with Crippen molar-refractivity contribution < 1.29 is 17.2 Å². The minimum atomic E-state index is 0.201. The number of hydrogen-bond acceptors (Lipinski definition) is 0. The molecule has 4 heteroatoms. The number of benzene rings is 4. The first-order valence-corrected chi connectivity index (χ1v) is 17.9.